The van der Waals surface area contributed by atoms with Crippen molar-refractivity contribution in [1.82, 2.24) is 25.1 Å². The van der Waals surface area contributed by atoms with Gasteiger partial charge in [0.25, 0.3) is 5.91 Å². The van der Waals surface area contributed by atoms with Crippen molar-refractivity contribution >= 4 is 44.1 Å². The van der Waals surface area contributed by atoms with Gasteiger partial charge in [0.2, 0.25) is 13.9 Å². The number of nitrogens with zero attached hydrogens (tertiary/aromatic N) is 5. The molecule has 1 aromatic carbocycles. The molecule has 2 aliphatic heterocycles. The Kier molecular flexibility index (Phi) is 16.9. The topological polar surface area (TPSA) is 215 Å². The zero-order valence-corrected chi connectivity index (χ0v) is 36.0. The van der Waals surface area contributed by atoms with Crippen LogP contribution in [0.25, 0.3) is 11.4 Å². The van der Waals surface area contributed by atoms with Crippen LogP contribution in [-0.2, 0) is 42.3 Å². The Morgan fingerprint density at radius 3 is 2.05 bits per heavy atom. The second-order valence-corrected chi connectivity index (χ2v) is 17.2. The van der Waals surface area contributed by atoms with E-state index in [1.54, 1.807) is 60.8 Å². The number of benzene rings is 1. The van der Waals surface area contributed by atoms with Crippen molar-refractivity contribution in [2.24, 2.45) is 0 Å². The Balaban J connectivity index is 1.61. The van der Waals surface area contributed by atoms with E-state index in [4.69, 9.17) is 37.9 Å². The second kappa shape index (κ2) is 21.3. The molecule has 2 aromatic rings. The van der Waals surface area contributed by atoms with E-state index < -0.39 is 68.1 Å². The van der Waals surface area contributed by atoms with Crippen molar-refractivity contribution in [2.75, 3.05) is 64.0 Å². The average molecular weight is 849 g/mol. The molecule has 0 bridgehead atoms. The molecule has 3 heterocycles. The summed E-state index contributed by atoms with van der Waals surface area (Å²) in [6.07, 6.45) is -1.48. The fraction of sp³-hybridized carbons (Fsp3) is 0.615. The van der Waals surface area contributed by atoms with Crippen LogP contribution in [0.2, 0.25) is 0 Å². The van der Waals surface area contributed by atoms with Gasteiger partial charge in [0.15, 0.2) is 5.82 Å². The molecule has 2 aliphatic rings. The molecular weight excluding hydrogens is 791 g/mol. The number of aromatic nitrogens is 2. The van der Waals surface area contributed by atoms with Crippen LogP contribution >= 0.6 is 8.03 Å². The number of rotatable bonds is 15. The van der Waals surface area contributed by atoms with Crippen LogP contribution in [0.3, 0.4) is 0 Å². The molecule has 326 valence electrons. The summed E-state index contributed by atoms with van der Waals surface area (Å²) in [7, 11) is -1.88. The number of anilines is 1. The normalized spacial score (nSPS) is 16.9. The number of methoxy groups -OCH3 is 1. The van der Waals surface area contributed by atoms with Gasteiger partial charge in [-0.3, -0.25) is 18.7 Å². The van der Waals surface area contributed by atoms with Crippen molar-refractivity contribution in [3.8, 4) is 11.4 Å². The lowest BCUT2D eigenvalue weighted by atomic mass is 10.2. The van der Waals surface area contributed by atoms with E-state index in [9.17, 15) is 28.5 Å². The number of carbonyl (C=O) groups excluding carboxylic acids is 5. The van der Waals surface area contributed by atoms with Gasteiger partial charge in [-0.05, 0) is 54.4 Å². The fourth-order valence-corrected chi connectivity index (χ4v) is 6.83. The lowest BCUT2D eigenvalue weighted by molar-refractivity contribution is -0.209. The highest BCUT2D eigenvalue weighted by Gasteiger charge is 2.35. The Hall–Kier alpha value is -5.00. The number of ether oxygens (including phenoxy) is 6. The summed E-state index contributed by atoms with van der Waals surface area (Å²) < 4.78 is 50.4. The summed E-state index contributed by atoms with van der Waals surface area (Å²) in [5.74, 6) is -0.702. The van der Waals surface area contributed by atoms with Crippen LogP contribution in [0.4, 0.5) is 20.2 Å². The summed E-state index contributed by atoms with van der Waals surface area (Å²) in [6, 6.07) is 9.06. The molecule has 0 spiro atoms. The molecule has 3 atom stereocenters. The van der Waals surface area contributed by atoms with E-state index in [0.29, 0.717) is 30.9 Å². The van der Waals surface area contributed by atoms with Crippen LogP contribution < -0.4 is 10.2 Å². The lowest BCUT2D eigenvalue weighted by Crippen LogP contribution is -2.56. The number of carbonyl (C=O) groups is 5. The minimum Gasteiger partial charge on any atom is -0.449 e. The van der Waals surface area contributed by atoms with Crippen molar-refractivity contribution in [3.05, 3.63) is 42.1 Å². The summed E-state index contributed by atoms with van der Waals surface area (Å²) in [5.41, 5.74) is -1.47. The Morgan fingerprint density at radius 2 is 1.49 bits per heavy atom. The highest BCUT2D eigenvalue weighted by Crippen LogP contribution is 2.30. The number of piperazine rings is 1. The molecule has 1 N–H and O–H groups in total. The minimum absolute atomic E-state index is 0.0388. The standard InChI is InChI=1S/C39H57N6O13P/c1-9-10-22-53-34(48)44-20-18-43(19-21-44)33(47)29(25-59(51)58-37(54-35(49)56-38(2,3)4)55-36(50)57-39(5,6)7)41-32(46)28-23-30(45-17-16-27(24-45)52-8)42-31(40-28)26-14-12-11-13-15-26/h11-15,23,27,29,37,59H,9-10,16-22,24-25H2,1-8H3,(H,41,46). The molecule has 3 unspecified atom stereocenters. The van der Waals surface area contributed by atoms with Gasteiger partial charge in [0, 0.05) is 58.0 Å². The van der Waals surface area contributed by atoms with Crippen LogP contribution in [0, 0.1) is 0 Å². The van der Waals surface area contributed by atoms with E-state index in [0.717, 1.165) is 12.8 Å². The highest BCUT2D eigenvalue weighted by atomic mass is 31.1. The zero-order chi connectivity index (χ0) is 43.3. The first-order valence-electron chi connectivity index (χ1n) is 19.6. The Bertz CT molecular complexity index is 1750. The van der Waals surface area contributed by atoms with Gasteiger partial charge in [-0.15, -0.1) is 0 Å². The van der Waals surface area contributed by atoms with E-state index >= 15 is 0 Å². The predicted octanol–water partition coefficient (Wildman–Crippen LogP) is 5.23. The van der Waals surface area contributed by atoms with E-state index in [1.807, 2.05) is 30.0 Å². The third-order valence-electron chi connectivity index (χ3n) is 8.72. The first-order valence-corrected chi connectivity index (χ1v) is 21.1. The van der Waals surface area contributed by atoms with Gasteiger partial charge in [-0.2, -0.15) is 0 Å². The number of amides is 3. The molecule has 0 saturated carbocycles. The molecular formula is C39H57N6O13P. The highest BCUT2D eigenvalue weighted by molar-refractivity contribution is 7.39. The molecule has 0 aliphatic carbocycles. The average Bonchev–Trinajstić information content (AvgIpc) is 3.66. The maximum absolute atomic E-state index is 14.2. The minimum atomic E-state index is -3.51. The van der Waals surface area contributed by atoms with Gasteiger partial charge >= 0.3 is 24.9 Å². The molecule has 2 saturated heterocycles. The largest absolute Gasteiger partial charge is 0.513 e. The van der Waals surface area contributed by atoms with Gasteiger partial charge in [0.05, 0.1) is 18.9 Å². The van der Waals surface area contributed by atoms with Crippen molar-refractivity contribution in [1.29, 1.82) is 0 Å². The number of hydrogen-bond donors (Lipinski definition) is 1. The summed E-state index contributed by atoms with van der Waals surface area (Å²) in [4.78, 5) is 80.2. The van der Waals surface area contributed by atoms with Crippen LogP contribution in [0.15, 0.2) is 36.4 Å². The summed E-state index contributed by atoms with van der Waals surface area (Å²) >= 11 is 0. The maximum atomic E-state index is 14.2. The number of unbranched alkanes of at least 4 members (excludes halogenated alkanes) is 1. The Morgan fingerprint density at radius 1 is 0.881 bits per heavy atom. The predicted molar refractivity (Wildman–Crippen MR) is 214 cm³/mol. The third-order valence-corrected chi connectivity index (χ3v) is 9.92. The zero-order valence-electron chi connectivity index (χ0n) is 35.0. The quantitative estimate of drug-likeness (QED) is 0.0799. The maximum Gasteiger partial charge on any atom is 0.513 e. The summed E-state index contributed by atoms with van der Waals surface area (Å²) in [5, 5.41) is 2.67. The number of nitrogens with one attached hydrogen (secondary N) is 1. The fourth-order valence-electron chi connectivity index (χ4n) is 5.81. The smallest absolute Gasteiger partial charge is 0.449 e. The third kappa shape index (κ3) is 15.3. The number of hydrogen-bond acceptors (Lipinski definition) is 16. The van der Waals surface area contributed by atoms with E-state index in [1.165, 1.54) is 15.9 Å². The summed E-state index contributed by atoms with van der Waals surface area (Å²) in [6.45, 7) is 11.0. The van der Waals surface area contributed by atoms with Crippen LogP contribution in [0.1, 0.15) is 78.2 Å². The van der Waals surface area contributed by atoms with Crippen LogP contribution in [-0.4, -0.2) is 139 Å². The van der Waals surface area contributed by atoms with Crippen molar-refractivity contribution in [2.45, 2.75) is 97.6 Å². The van der Waals surface area contributed by atoms with Gasteiger partial charge in [0.1, 0.15) is 28.8 Å². The lowest BCUT2D eigenvalue weighted by Gasteiger charge is -2.36. The van der Waals surface area contributed by atoms with E-state index in [2.05, 4.69) is 10.3 Å². The van der Waals surface area contributed by atoms with E-state index in [-0.39, 0.29) is 50.4 Å². The molecule has 1 aromatic heterocycles. The molecule has 59 heavy (non-hydrogen) atoms. The first-order chi connectivity index (χ1) is 27.8. The van der Waals surface area contributed by atoms with Crippen LogP contribution in [0.5, 0.6) is 0 Å². The SMILES string of the molecule is CCCCOC(=O)N1CCN(C(=O)C(C[PH](=O)OC(OC(=O)OC(C)(C)C)OC(=O)OC(C)(C)C)NC(=O)c2cc(N3CCC(OC)C3)nc(-c3ccccc3)n2)CC1. The molecule has 19 nitrogen and oxygen atoms in total. The monoisotopic (exact) mass is 848 g/mol. The first kappa shape index (κ1) is 46.7. The van der Waals surface area contributed by atoms with Crippen molar-refractivity contribution < 1.29 is 61.5 Å². The van der Waals surface area contributed by atoms with Gasteiger partial charge in [-0.25, -0.2) is 24.4 Å². The molecule has 20 heteroatoms. The van der Waals surface area contributed by atoms with Crippen molar-refractivity contribution in [3.63, 3.8) is 0 Å². The molecule has 4 rings (SSSR count). The molecule has 0 radical (unpaired) electrons. The molecule has 3 amide bonds. The Labute approximate surface area is 345 Å². The van der Waals surface area contributed by atoms with Gasteiger partial charge < -0.3 is 48.4 Å². The van der Waals surface area contributed by atoms with Gasteiger partial charge in [-0.1, -0.05) is 43.7 Å². The second-order valence-electron chi connectivity index (χ2n) is 15.8. The molecule has 2 fully saturated rings.